The molecule has 0 atom stereocenters. The molecule has 1 heterocycles. The number of benzene rings is 2. The molecule has 0 spiro atoms. The van der Waals surface area contributed by atoms with Gasteiger partial charge in [-0.05, 0) is 36.4 Å². The van der Waals surface area contributed by atoms with Crippen LogP contribution in [0.25, 0.3) is 11.3 Å². The van der Waals surface area contributed by atoms with Crippen molar-refractivity contribution in [2.75, 3.05) is 11.9 Å². The maximum absolute atomic E-state index is 13.6. The van der Waals surface area contributed by atoms with Crippen molar-refractivity contribution < 1.29 is 32.1 Å². The molecular formula is C19H12F3N3O5. The Balaban J connectivity index is 1.60. The molecule has 154 valence electrons. The number of nitrogens with zero attached hydrogens (tertiary/aromatic N) is 1. The van der Waals surface area contributed by atoms with Gasteiger partial charge in [-0.1, -0.05) is 0 Å². The SMILES string of the molecule is O=C(CNC(=O)c1ccc(-c2ccc([N+](=O)[O-])cc2)o1)Nc1ccc(F)c(F)c1F. The summed E-state index contributed by atoms with van der Waals surface area (Å²) in [6, 6.07) is 9.74. The molecule has 0 unspecified atom stereocenters. The molecule has 0 fully saturated rings. The summed E-state index contributed by atoms with van der Waals surface area (Å²) in [7, 11) is 0. The van der Waals surface area contributed by atoms with E-state index < -0.39 is 46.4 Å². The minimum Gasteiger partial charge on any atom is -0.451 e. The minimum absolute atomic E-state index is 0.105. The summed E-state index contributed by atoms with van der Waals surface area (Å²) in [6.07, 6.45) is 0. The van der Waals surface area contributed by atoms with Gasteiger partial charge in [-0.15, -0.1) is 0 Å². The number of nitrogens with one attached hydrogen (secondary N) is 2. The van der Waals surface area contributed by atoms with Gasteiger partial charge >= 0.3 is 0 Å². The van der Waals surface area contributed by atoms with Gasteiger partial charge in [-0.3, -0.25) is 19.7 Å². The van der Waals surface area contributed by atoms with Gasteiger partial charge in [0.1, 0.15) is 5.76 Å². The topological polar surface area (TPSA) is 114 Å². The second-order valence-electron chi connectivity index (χ2n) is 5.92. The summed E-state index contributed by atoms with van der Waals surface area (Å²) < 4.78 is 45.0. The summed E-state index contributed by atoms with van der Waals surface area (Å²) in [5.74, 6) is -6.21. The first-order chi connectivity index (χ1) is 14.3. The Morgan fingerprint density at radius 1 is 0.967 bits per heavy atom. The number of carbonyl (C=O) groups is 2. The van der Waals surface area contributed by atoms with Crippen molar-refractivity contribution in [3.05, 3.63) is 81.9 Å². The lowest BCUT2D eigenvalue weighted by atomic mass is 10.1. The molecule has 2 N–H and O–H groups in total. The van der Waals surface area contributed by atoms with Gasteiger partial charge in [-0.2, -0.15) is 0 Å². The van der Waals surface area contributed by atoms with E-state index in [0.717, 1.165) is 6.07 Å². The van der Waals surface area contributed by atoms with Crippen LogP contribution in [-0.2, 0) is 4.79 Å². The molecular weight excluding hydrogens is 407 g/mol. The van der Waals surface area contributed by atoms with Crippen LogP contribution in [0.3, 0.4) is 0 Å². The quantitative estimate of drug-likeness (QED) is 0.360. The molecule has 0 aliphatic rings. The van der Waals surface area contributed by atoms with Crippen molar-refractivity contribution >= 4 is 23.2 Å². The van der Waals surface area contributed by atoms with E-state index in [0.29, 0.717) is 11.6 Å². The summed E-state index contributed by atoms with van der Waals surface area (Å²) in [5.41, 5.74) is -0.190. The molecule has 0 saturated carbocycles. The third kappa shape index (κ3) is 4.46. The maximum Gasteiger partial charge on any atom is 0.287 e. The van der Waals surface area contributed by atoms with E-state index in [2.05, 4.69) is 5.32 Å². The van der Waals surface area contributed by atoms with E-state index in [1.807, 2.05) is 5.32 Å². The third-order valence-electron chi connectivity index (χ3n) is 3.91. The number of carbonyl (C=O) groups excluding carboxylic acids is 2. The molecule has 1 aromatic heterocycles. The fourth-order valence-corrected chi connectivity index (χ4v) is 2.43. The van der Waals surface area contributed by atoms with Crippen LogP contribution in [-0.4, -0.2) is 23.3 Å². The van der Waals surface area contributed by atoms with Gasteiger partial charge in [0.05, 0.1) is 17.2 Å². The largest absolute Gasteiger partial charge is 0.451 e. The van der Waals surface area contributed by atoms with Crippen molar-refractivity contribution in [1.29, 1.82) is 0 Å². The highest BCUT2D eigenvalue weighted by Crippen LogP contribution is 2.24. The first kappa shape index (κ1) is 20.6. The van der Waals surface area contributed by atoms with E-state index in [-0.39, 0.29) is 17.2 Å². The number of amides is 2. The molecule has 0 saturated heterocycles. The Morgan fingerprint density at radius 2 is 1.67 bits per heavy atom. The summed E-state index contributed by atoms with van der Waals surface area (Å²) in [4.78, 5) is 34.0. The Morgan fingerprint density at radius 3 is 2.33 bits per heavy atom. The normalized spacial score (nSPS) is 10.5. The summed E-state index contributed by atoms with van der Waals surface area (Å²) in [5, 5.41) is 14.9. The maximum atomic E-state index is 13.6. The van der Waals surface area contributed by atoms with Crippen LogP contribution in [0.15, 0.2) is 52.9 Å². The van der Waals surface area contributed by atoms with Crippen LogP contribution in [0.2, 0.25) is 0 Å². The standard InChI is InChI=1S/C19H12F3N3O5/c20-12-5-6-13(18(22)17(12)21)24-16(26)9-23-19(27)15-8-7-14(30-15)10-1-3-11(4-2-10)25(28)29/h1-8H,9H2,(H,23,27)(H,24,26). The predicted molar refractivity (Wildman–Crippen MR) is 98.1 cm³/mol. The highest BCUT2D eigenvalue weighted by atomic mass is 19.2. The van der Waals surface area contributed by atoms with Crippen molar-refractivity contribution in [3.8, 4) is 11.3 Å². The highest BCUT2D eigenvalue weighted by molar-refractivity contribution is 5.98. The minimum atomic E-state index is -1.73. The Labute approximate surface area is 166 Å². The van der Waals surface area contributed by atoms with Crippen molar-refractivity contribution in [2.45, 2.75) is 0 Å². The number of hydrogen-bond acceptors (Lipinski definition) is 5. The lowest BCUT2D eigenvalue weighted by molar-refractivity contribution is -0.384. The van der Waals surface area contributed by atoms with Crippen LogP contribution in [0, 0.1) is 27.6 Å². The third-order valence-corrected chi connectivity index (χ3v) is 3.91. The Hall–Kier alpha value is -4.15. The molecule has 0 radical (unpaired) electrons. The van der Waals surface area contributed by atoms with Gasteiger partial charge < -0.3 is 15.1 Å². The van der Waals surface area contributed by atoms with Crippen molar-refractivity contribution in [2.24, 2.45) is 0 Å². The van der Waals surface area contributed by atoms with Crippen LogP contribution >= 0.6 is 0 Å². The summed E-state index contributed by atoms with van der Waals surface area (Å²) in [6.45, 7) is -0.592. The smallest absolute Gasteiger partial charge is 0.287 e. The average Bonchev–Trinajstić information content (AvgIpc) is 3.23. The number of rotatable bonds is 6. The highest BCUT2D eigenvalue weighted by Gasteiger charge is 2.17. The lowest BCUT2D eigenvalue weighted by Gasteiger charge is -2.08. The zero-order chi connectivity index (χ0) is 21.8. The molecule has 0 aliphatic heterocycles. The van der Waals surface area contributed by atoms with Crippen LogP contribution in [0.4, 0.5) is 24.5 Å². The van der Waals surface area contributed by atoms with E-state index in [1.165, 1.54) is 36.4 Å². The van der Waals surface area contributed by atoms with E-state index >= 15 is 0 Å². The second kappa shape index (κ2) is 8.47. The fraction of sp³-hybridized carbons (Fsp3) is 0.0526. The fourth-order valence-electron chi connectivity index (χ4n) is 2.43. The van der Waals surface area contributed by atoms with E-state index in [1.54, 1.807) is 0 Å². The van der Waals surface area contributed by atoms with Gasteiger partial charge in [0.25, 0.3) is 11.6 Å². The van der Waals surface area contributed by atoms with Gasteiger partial charge in [0, 0.05) is 17.7 Å². The zero-order valence-corrected chi connectivity index (χ0v) is 14.9. The number of non-ortho nitro benzene ring substituents is 1. The van der Waals surface area contributed by atoms with Crippen LogP contribution < -0.4 is 10.6 Å². The Kier molecular flexibility index (Phi) is 5.81. The van der Waals surface area contributed by atoms with Crippen LogP contribution in [0.5, 0.6) is 0 Å². The number of anilines is 1. The number of nitro benzene ring substituents is 1. The first-order valence-electron chi connectivity index (χ1n) is 8.32. The lowest BCUT2D eigenvalue weighted by Crippen LogP contribution is -2.32. The number of furan rings is 1. The average molecular weight is 419 g/mol. The number of halogens is 3. The molecule has 8 nitrogen and oxygen atoms in total. The van der Waals surface area contributed by atoms with E-state index in [9.17, 15) is 32.9 Å². The summed E-state index contributed by atoms with van der Waals surface area (Å²) >= 11 is 0. The molecule has 0 bridgehead atoms. The Bertz CT molecular complexity index is 1130. The molecule has 3 aromatic rings. The number of nitro groups is 1. The van der Waals surface area contributed by atoms with Crippen molar-refractivity contribution in [3.63, 3.8) is 0 Å². The van der Waals surface area contributed by atoms with Crippen molar-refractivity contribution in [1.82, 2.24) is 5.32 Å². The van der Waals surface area contributed by atoms with Gasteiger partial charge in [0.15, 0.2) is 23.2 Å². The molecule has 2 amide bonds. The molecule has 2 aromatic carbocycles. The molecule has 0 aliphatic carbocycles. The van der Waals surface area contributed by atoms with Crippen LogP contribution in [0.1, 0.15) is 10.6 Å². The number of hydrogen-bond donors (Lipinski definition) is 2. The molecule has 3 rings (SSSR count). The second-order valence-corrected chi connectivity index (χ2v) is 5.92. The predicted octanol–water partition coefficient (Wildman–Crippen LogP) is 3.64. The van der Waals surface area contributed by atoms with E-state index in [4.69, 9.17) is 4.42 Å². The molecule has 11 heteroatoms. The first-order valence-corrected chi connectivity index (χ1v) is 8.32. The zero-order valence-electron chi connectivity index (χ0n) is 14.9. The van der Waals surface area contributed by atoms with Gasteiger partial charge in [-0.25, -0.2) is 13.2 Å². The molecule has 30 heavy (non-hydrogen) atoms. The monoisotopic (exact) mass is 419 g/mol. The van der Waals surface area contributed by atoms with Gasteiger partial charge in [0.2, 0.25) is 5.91 Å².